The van der Waals surface area contributed by atoms with Crippen molar-refractivity contribution in [3.63, 3.8) is 0 Å². The van der Waals surface area contributed by atoms with E-state index in [9.17, 15) is 4.79 Å². The Kier molecular flexibility index (Phi) is 32.5. The predicted octanol–water partition coefficient (Wildman–Crippen LogP) is 11.7. The van der Waals surface area contributed by atoms with Gasteiger partial charge in [0.25, 0.3) is 0 Å². The molecule has 0 saturated heterocycles. The van der Waals surface area contributed by atoms with Crippen LogP contribution in [-0.2, 0) is 14.2 Å². The molecule has 5 heteroatoms. The molecule has 2 unspecified atom stereocenters. The Morgan fingerprint density at radius 3 is 1.17 bits per heavy atom. The van der Waals surface area contributed by atoms with E-state index in [-0.39, 0.29) is 18.3 Å². The molecule has 0 bridgehead atoms. The number of hydrogen-bond acceptors (Lipinski definition) is 4. The van der Waals surface area contributed by atoms with Gasteiger partial charge in [0.2, 0.25) is 0 Å². The van der Waals surface area contributed by atoms with E-state index >= 15 is 0 Å². The predicted molar refractivity (Wildman–Crippen MR) is 182 cm³/mol. The van der Waals surface area contributed by atoms with Crippen LogP contribution < -0.4 is 0 Å². The van der Waals surface area contributed by atoms with Gasteiger partial charge in [0, 0.05) is 20.3 Å². The molecule has 0 heterocycles. The lowest BCUT2D eigenvalue weighted by atomic mass is 10.1. The van der Waals surface area contributed by atoms with Gasteiger partial charge in [0.15, 0.2) is 0 Å². The number of likely N-dealkylation sites (N-methyl/N-ethyl adjacent to an activating group) is 1. The van der Waals surface area contributed by atoms with Crippen LogP contribution in [0.25, 0.3) is 0 Å². The van der Waals surface area contributed by atoms with Crippen molar-refractivity contribution in [3.05, 3.63) is 0 Å². The molecule has 42 heavy (non-hydrogen) atoms. The minimum atomic E-state index is -0.285. The van der Waals surface area contributed by atoms with Crippen molar-refractivity contribution in [2.24, 2.45) is 0 Å². The van der Waals surface area contributed by atoms with Crippen molar-refractivity contribution in [2.45, 2.75) is 200 Å². The first-order chi connectivity index (χ1) is 20.6. The van der Waals surface area contributed by atoms with Crippen molar-refractivity contribution in [3.8, 4) is 0 Å². The molecule has 0 aliphatic heterocycles. The fourth-order valence-electron chi connectivity index (χ4n) is 5.70. The highest BCUT2D eigenvalue weighted by atomic mass is 16.6. The summed E-state index contributed by atoms with van der Waals surface area (Å²) in [6.45, 7) is 11.0. The number of hydrogen-bond donors (Lipinski definition) is 0. The summed E-state index contributed by atoms with van der Waals surface area (Å²) in [5.41, 5.74) is 0. The number of nitrogens with zero attached hydrogens (tertiary/aromatic N) is 1. The van der Waals surface area contributed by atoms with Gasteiger partial charge in [-0.2, -0.15) is 0 Å². The molecule has 0 fully saturated rings. The molecule has 252 valence electrons. The van der Waals surface area contributed by atoms with E-state index in [1.807, 2.05) is 6.92 Å². The molecule has 0 saturated carbocycles. The number of rotatable bonds is 33. The van der Waals surface area contributed by atoms with Crippen LogP contribution in [0.15, 0.2) is 0 Å². The maximum atomic E-state index is 12.3. The lowest BCUT2D eigenvalue weighted by Gasteiger charge is -2.30. The van der Waals surface area contributed by atoms with Crippen LogP contribution in [-0.4, -0.2) is 56.6 Å². The van der Waals surface area contributed by atoms with Crippen LogP contribution in [0.2, 0.25) is 0 Å². The number of ether oxygens (including phenoxy) is 3. The van der Waals surface area contributed by atoms with Gasteiger partial charge in [0.1, 0.15) is 6.10 Å². The van der Waals surface area contributed by atoms with Crippen LogP contribution in [0.1, 0.15) is 188 Å². The van der Waals surface area contributed by atoms with E-state index in [0.717, 1.165) is 32.5 Å². The lowest BCUT2D eigenvalue weighted by molar-refractivity contribution is -0.0837. The van der Waals surface area contributed by atoms with Gasteiger partial charge in [-0.3, -0.25) is 0 Å². The van der Waals surface area contributed by atoms with E-state index < -0.39 is 0 Å². The molecule has 0 radical (unpaired) electrons. The highest BCUT2D eigenvalue weighted by Gasteiger charge is 2.25. The molecular weight excluding hydrogens is 522 g/mol. The second-order valence-electron chi connectivity index (χ2n) is 12.6. The first-order valence-electron chi connectivity index (χ1n) is 18.7. The Labute approximate surface area is 263 Å². The molecular formula is C37H75NO4. The SMILES string of the molecule is CCCCCCCCCCCCCCOC(CC)C(CN(C)C(=O)OCC)OCCCCCCCCCCCCCC. The van der Waals surface area contributed by atoms with Crippen LogP contribution in [0.5, 0.6) is 0 Å². The molecule has 0 aromatic heterocycles. The summed E-state index contributed by atoms with van der Waals surface area (Å²) < 4.78 is 17.9. The van der Waals surface area contributed by atoms with Gasteiger partial charge in [-0.05, 0) is 26.2 Å². The molecule has 2 atom stereocenters. The zero-order valence-electron chi connectivity index (χ0n) is 29.2. The second kappa shape index (κ2) is 33.1. The monoisotopic (exact) mass is 598 g/mol. The Hall–Kier alpha value is -0.810. The zero-order chi connectivity index (χ0) is 30.9. The highest BCUT2D eigenvalue weighted by Crippen LogP contribution is 2.16. The number of carbonyl (C=O) groups excluding carboxylic acids is 1. The normalized spacial score (nSPS) is 12.9. The summed E-state index contributed by atoms with van der Waals surface area (Å²) in [5.74, 6) is 0. The van der Waals surface area contributed by atoms with E-state index in [2.05, 4.69) is 20.8 Å². The third-order valence-corrected chi connectivity index (χ3v) is 8.51. The summed E-state index contributed by atoms with van der Waals surface area (Å²) in [7, 11) is 1.80. The third kappa shape index (κ3) is 26.8. The lowest BCUT2D eigenvalue weighted by Crippen LogP contribution is -2.43. The Morgan fingerprint density at radius 1 is 0.500 bits per heavy atom. The first kappa shape index (κ1) is 41.2. The summed E-state index contributed by atoms with van der Waals surface area (Å²) in [6.07, 6.45) is 32.7. The maximum absolute atomic E-state index is 12.3. The summed E-state index contributed by atoms with van der Waals surface area (Å²) in [6, 6.07) is 0. The Bertz CT molecular complexity index is 544. The van der Waals surface area contributed by atoms with Gasteiger partial charge >= 0.3 is 6.09 Å². The van der Waals surface area contributed by atoms with Crippen molar-refractivity contribution < 1.29 is 19.0 Å². The first-order valence-corrected chi connectivity index (χ1v) is 18.7. The van der Waals surface area contributed by atoms with Gasteiger partial charge in [-0.15, -0.1) is 0 Å². The summed E-state index contributed by atoms with van der Waals surface area (Å²) in [5, 5.41) is 0. The molecule has 0 rings (SSSR count). The minimum Gasteiger partial charge on any atom is -0.450 e. The summed E-state index contributed by atoms with van der Waals surface area (Å²) >= 11 is 0. The molecule has 5 nitrogen and oxygen atoms in total. The van der Waals surface area contributed by atoms with E-state index in [1.165, 1.54) is 141 Å². The molecule has 0 aliphatic carbocycles. The van der Waals surface area contributed by atoms with Crippen LogP contribution in [0, 0.1) is 0 Å². The van der Waals surface area contributed by atoms with Gasteiger partial charge < -0.3 is 19.1 Å². The minimum absolute atomic E-state index is 0.00640. The Balaban J connectivity index is 4.19. The Morgan fingerprint density at radius 2 is 0.833 bits per heavy atom. The van der Waals surface area contributed by atoms with E-state index in [4.69, 9.17) is 14.2 Å². The number of unbranched alkanes of at least 4 members (excludes halogenated alkanes) is 22. The smallest absolute Gasteiger partial charge is 0.409 e. The molecule has 0 aromatic carbocycles. The quantitative estimate of drug-likeness (QED) is 0.0706. The molecule has 0 aromatic rings. The van der Waals surface area contributed by atoms with Gasteiger partial charge in [-0.1, -0.05) is 162 Å². The molecule has 0 spiro atoms. The fraction of sp³-hybridized carbons (Fsp3) is 0.973. The molecule has 0 N–H and O–H groups in total. The fourth-order valence-corrected chi connectivity index (χ4v) is 5.70. The highest BCUT2D eigenvalue weighted by molar-refractivity contribution is 5.67. The summed E-state index contributed by atoms with van der Waals surface area (Å²) in [4.78, 5) is 13.9. The van der Waals surface area contributed by atoms with Crippen molar-refractivity contribution in [1.82, 2.24) is 4.90 Å². The topological polar surface area (TPSA) is 48.0 Å². The third-order valence-electron chi connectivity index (χ3n) is 8.51. The maximum Gasteiger partial charge on any atom is 0.409 e. The van der Waals surface area contributed by atoms with Crippen molar-refractivity contribution >= 4 is 6.09 Å². The van der Waals surface area contributed by atoms with Crippen molar-refractivity contribution in [1.29, 1.82) is 0 Å². The number of amides is 1. The van der Waals surface area contributed by atoms with Crippen LogP contribution in [0.4, 0.5) is 4.79 Å². The largest absolute Gasteiger partial charge is 0.450 e. The van der Waals surface area contributed by atoms with Crippen molar-refractivity contribution in [2.75, 3.05) is 33.4 Å². The van der Waals surface area contributed by atoms with Crippen LogP contribution >= 0.6 is 0 Å². The average molecular weight is 598 g/mol. The molecule has 0 aliphatic rings. The van der Waals surface area contributed by atoms with E-state index in [0.29, 0.717) is 13.2 Å². The standard InChI is InChI=1S/C37H75NO4/c1-6-10-12-14-16-18-20-22-24-26-28-30-32-41-35(8-3)36(34-38(5)37(39)40-9-4)42-33-31-29-27-25-23-21-19-17-15-13-11-7-2/h35-36H,6-34H2,1-5H3. The zero-order valence-corrected chi connectivity index (χ0v) is 29.2. The van der Waals surface area contributed by atoms with Gasteiger partial charge in [-0.25, -0.2) is 4.79 Å². The van der Waals surface area contributed by atoms with Crippen LogP contribution in [0.3, 0.4) is 0 Å². The van der Waals surface area contributed by atoms with Gasteiger partial charge in [0.05, 0.1) is 19.3 Å². The number of carbonyl (C=O) groups is 1. The van der Waals surface area contributed by atoms with E-state index in [1.54, 1.807) is 11.9 Å². The second-order valence-corrected chi connectivity index (χ2v) is 12.6. The molecule has 1 amide bonds. The average Bonchev–Trinajstić information content (AvgIpc) is 2.99.